The molecular weight excluding hydrogens is 294 g/mol. The lowest BCUT2D eigenvalue weighted by molar-refractivity contribution is -0.137. The van der Waals surface area contributed by atoms with Gasteiger partial charge in [-0.3, -0.25) is 0 Å². The fraction of sp³-hybridized carbons (Fsp3) is 0.571. The zero-order chi connectivity index (χ0) is 15.4. The maximum atomic E-state index is 13.6. The molecule has 114 valence electrons. The van der Waals surface area contributed by atoms with Crippen molar-refractivity contribution in [1.29, 1.82) is 0 Å². The van der Waals surface area contributed by atoms with Gasteiger partial charge in [0.1, 0.15) is 5.82 Å². The number of nitrogens with one attached hydrogen (secondary N) is 1. The quantitative estimate of drug-likeness (QED) is 0.555. The molecule has 0 aromatic heterocycles. The van der Waals surface area contributed by atoms with Crippen LogP contribution < -0.4 is 5.32 Å². The molecule has 0 spiro atoms. The van der Waals surface area contributed by atoms with Crippen LogP contribution in [0.4, 0.5) is 23.2 Å². The third kappa shape index (κ3) is 5.19. The normalized spacial score (nSPS) is 12.6. The molecule has 0 radical (unpaired) electrons. The van der Waals surface area contributed by atoms with Crippen LogP contribution in [0.3, 0.4) is 0 Å². The highest BCUT2D eigenvalue weighted by atomic mass is 35.5. The number of alkyl halides is 4. The van der Waals surface area contributed by atoms with Gasteiger partial charge in [0.2, 0.25) is 0 Å². The molecule has 0 saturated heterocycles. The summed E-state index contributed by atoms with van der Waals surface area (Å²) in [7, 11) is 0. The monoisotopic (exact) mass is 311 g/mol. The molecule has 0 amide bonds. The van der Waals surface area contributed by atoms with Gasteiger partial charge in [-0.25, -0.2) is 4.39 Å². The topological polar surface area (TPSA) is 12.0 Å². The average molecular weight is 312 g/mol. The van der Waals surface area contributed by atoms with Gasteiger partial charge < -0.3 is 5.32 Å². The van der Waals surface area contributed by atoms with Crippen molar-refractivity contribution < 1.29 is 17.6 Å². The lowest BCUT2D eigenvalue weighted by Gasteiger charge is -2.25. The number of rotatable bonds is 6. The molecule has 1 aromatic carbocycles. The second-order valence-electron chi connectivity index (χ2n) is 5.50. The molecule has 1 nitrogen and oxygen atoms in total. The molecule has 0 saturated carbocycles. The first-order valence-corrected chi connectivity index (χ1v) is 6.86. The molecule has 0 bridgehead atoms. The molecule has 1 N–H and O–H groups in total. The van der Waals surface area contributed by atoms with Gasteiger partial charge in [0.25, 0.3) is 0 Å². The minimum Gasteiger partial charge on any atom is -0.382 e. The van der Waals surface area contributed by atoms with Crippen LogP contribution in [0, 0.1) is 11.2 Å². The molecule has 1 aromatic rings. The summed E-state index contributed by atoms with van der Waals surface area (Å²) >= 11 is 5.62. The van der Waals surface area contributed by atoms with Crippen molar-refractivity contribution >= 4 is 17.3 Å². The number of anilines is 1. The van der Waals surface area contributed by atoms with Gasteiger partial charge in [0, 0.05) is 12.4 Å². The van der Waals surface area contributed by atoms with Crippen LogP contribution in [0.5, 0.6) is 0 Å². The van der Waals surface area contributed by atoms with E-state index in [1.54, 1.807) is 0 Å². The second-order valence-corrected chi connectivity index (χ2v) is 5.88. The molecule has 0 aliphatic heterocycles. The highest BCUT2D eigenvalue weighted by molar-refractivity contribution is 6.17. The maximum Gasteiger partial charge on any atom is 0.416 e. The Morgan fingerprint density at radius 2 is 1.85 bits per heavy atom. The molecular formula is C14H18ClF4N. The van der Waals surface area contributed by atoms with Crippen molar-refractivity contribution in [3.8, 4) is 0 Å². The van der Waals surface area contributed by atoms with E-state index in [4.69, 9.17) is 11.6 Å². The second kappa shape index (κ2) is 6.66. The molecule has 6 heteroatoms. The third-order valence-corrected chi connectivity index (χ3v) is 3.31. The number of halogens is 5. The summed E-state index contributed by atoms with van der Waals surface area (Å²) in [5.74, 6) is -0.342. The van der Waals surface area contributed by atoms with Gasteiger partial charge in [-0.2, -0.15) is 13.2 Å². The van der Waals surface area contributed by atoms with Crippen LogP contribution in [-0.4, -0.2) is 12.4 Å². The fourth-order valence-electron chi connectivity index (χ4n) is 1.80. The van der Waals surface area contributed by atoms with Gasteiger partial charge in [-0.1, -0.05) is 13.8 Å². The summed E-state index contributed by atoms with van der Waals surface area (Å²) < 4.78 is 50.9. The smallest absolute Gasteiger partial charge is 0.382 e. The Morgan fingerprint density at radius 1 is 1.20 bits per heavy atom. The summed E-state index contributed by atoms with van der Waals surface area (Å²) in [4.78, 5) is 0. The molecule has 0 heterocycles. The van der Waals surface area contributed by atoms with E-state index in [9.17, 15) is 17.6 Å². The van der Waals surface area contributed by atoms with Gasteiger partial charge in [0.15, 0.2) is 0 Å². The molecule has 0 fully saturated rings. The largest absolute Gasteiger partial charge is 0.416 e. The predicted molar refractivity (Wildman–Crippen MR) is 73.6 cm³/mol. The highest BCUT2D eigenvalue weighted by Gasteiger charge is 2.31. The van der Waals surface area contributed by atoms with E-state index >= 15 is 0 Å². The average Bonchev–Trinajstić information content (AvgIpc) is 2.34. The summed E-state index contributed by atoms with van der Waals surface area (Å²) in [6.45, 7) is 4.45. The predicted octanol–water partition coefficient (Wildman–Crippen LogP) is 5.30. The molecule has 0 atom stereocenters. The molecule has 0 unspecified atom stereocenters. The standard InChI is InChI=1S/C14H18ClF4N/c1-13(2,6-3-7-15)9-20-12-5-4-10(8-11(12)16)14(17,18)19/h4-5,8,20H,3,6-7,9H2,1-2H3. The van der Waals surface area contributed by atoms with Gasteiger partial charge in [0.05, 0.1) is 11.3 Å². The van der Waals surface area contributed by atoms with E-state index < -0.39 is 17.6 Å². The molecule has 1 rings (SSSR count). The summed E-state index contributed by atoms with van der Waals surface area (Å²) in [5, 5.41) is 2.86. The van der Waals surface area contributed by atoms with Crippen LogP contribution in [-0.2, 0) is 6.18 Å². The van der Waals surface area contributed by atoms with Crippen LogP contribution in [0.25, 0.3) is 0 Å². The summed E-state index contributed by atoms with van der Waals surface area (Å²) in [6.07, 6.45) is -2.84. The Kier molecular flexibility index (Phi) is 5.68. The maximum absolute atomic E-state index is 13.6. The minimum atomic E-state index is -4.53. The number of hydrogen-bond donors (Lipinski definition) is 1. The van der Waals surface area contributed by atoms with E-state index in [0.717, 1.165) is 25.0 Å². The first kappa shape index (κ1) is 17.1. The number of benzene rings is 1. The van der Waals surface area contributed by atoms with Gasteiger partial charge >= 0.3 is 6.18 Å². The van der Waals surface area contributed by atoms with Gasteiger partial charge in [-0.15, -0.1) is 11.6 Å². The summed E-state index contributed by atoms with van der Waals surface area (Å²) in [6, 6.07) is 2.50. The first-order chi connectivity index (χ1) is 9.15. The Labute approximate surface area is 121 Å². The first-order valence-electron chi connectivity index (χ1n) is 6.32. The van der Waals surface area contributed by atoms with Crippen molar-refractivity contribution in [3.05, 3.63) is 29.6 Å². The Hall–Kier alpha value is -0.970. The van der Waals surface area contributed by atoms with Crippen LogP contribution >= 0.6 is 11.6 Å². The molecule has 20 heavy (non-hydrogen) atoms. The van der Waals surface area contributed by atoms with Crippen molar-refractivity contribution in [2.45, 2.75) is 32.9 Å². The Balaban J connectivity index is 2.70. The Morgan fingerprint density at radius 3 is 2.35 bits per heavy atom. The SMILES string of the molecule is CC(C)(CCCCl)CNc1ccc(C(F)(F)F)cc1F. The third-order valence-electron chi connectivity index (χ3n) is 3.04. The summed E-state index contributed by atoms with van der Waals surface area (Å²) in [5.41, 5.74) is -1.01. The molecule has 0 aliphatic carbocycles. The van der Waals surface area contributed by atoms with Crippen molar-refractivity contribution in [2.24, 2.45) is 5.41 Å². The van der Waals surface area contributed by atoms with E-state index in [1.807, 2.05) is 13.8 Å². The molecule has 0 aliphatic rings. The van der Waals surface area contributed by atoms with Crippen molar-refractivity contribution in [2.75, 3.05) is 17.7 Å². The zero-order valence-electron chi connectivity index (χ0n) is 11.5. The van der Waals surface area contributed by atoms with E-state index in [0.29, 0.717) is 18.5 Å². The number of hydrogen-bond acceptors (Lipinski definition) is 1. The van der Waals surface area contributed by atoms with E-state index in [2.05, 4.69) is 5.32 Å². The fourth-order valence-corrected chi connectivity index (χ4v) is 1.94. The lowest BCUT2D eigenvalue weighted by atomic mass is 9.88. The highest BCUT2D eigenvalue weighted by Crippen LogP contribution is 2.32. The van der Waals surface area contributed by atoms with E-state index in [-0.39, 0.29) is 11.1 Å². The van der Waals surface area contributed by atoms with Crippen LogP contribution in [0.15, 0.2) is 18.2 Å². The van der Waals surface area contributed by atoms with Crippen LogP contribution in [0.1, 0.15) is 32.3 Å². The Bertz CT molecular complexity index is 443. The zero-order valence-corrected chi connectivity index (χ0v) is 12.2. The van der Waals surface area contributed by atoms with Crippen molar-refractivity contribution in [1.82, 2.24) is 0 Å². The lowest BCUT2D eigenvalue weighted by Crippen LogP contribution is -2.23. The van der Waals surface area contributed by atoms with E-state index in [1.165, 1.54) is 0 Å². The minimum absolute atomic E-state index is 0.0805. The van der Waals surface area contributed by atoms with Crippen LogP contribution in [0.2, 0.25) is 0 Å². The van der Waals surface area contributed by atoms with Gasteiger partial charge in [-0.05, 0) is 36.5 Å². The van der Waals surface area contributed by atoms with Crippen molar-refractivity contribution in [3.63, 3.8) is 0 Å².